The Labute approximate surface area is 127 Å². The Morgan fingerprint density at radius 3 is 2.52 bits per heavy atom. The van der Waals surface area contributed by atoms with Gasteiger partial charge in [0.05, 0.1) is 30.7 Å². The largest absolute Gasteiger partial charge is 0.466 e. The van der Waals surface area contributed by atoms with E-state index in [2.05, 4.69) is 6.92 Å². The second-order valence-corrected chi connectivity index (χ2v) is 6.31. The second-order valence-electron chi connectivity index (χ2n) is 6.31. The Kier molecular flexibility index (Phi) is 5.25. The third kappa shape index (κ3) is 3.39. The van der Waals surface area contributed by atoms with E-state index in [1.807, 2.05) is 25.7 Å². The van der Waals surface area contributed by atoms with E-state index in [1.54, 1.807) is 0 Å². The Bertz CT molecular complexity index is 398. The van der Waals surface area contributed by atoms with E-state index in [1.165, 1.54) is 0 Å². The minimum atomic E-state index is -0.174. The van der Waals surface area contributed by atoms with Crippen LogP contribution in [0.5, 0.6) is 0 Å². The SMILES string of the molecule is CCOC(=O)[C@@H]1CCCN(C(=O)C2C(C)OC(C)C2C)C1. The van der Waals surface area contributed by atoms with Gasteiger partial charge < -0.3 is 14.4 Å². The number of nitrogens with zero attached hydrogens (tertiary/aromatic N) is 1. The van der Waals surface area contributed by atoms with Crippen molar-refractivity contribution in [1.82, 2.24) is 4.90 Å². The van der Waals surface area contributed by atoms with Crippen LogP contribution in [0.4, 0.5) is 0 Å². The van der Waals surface area contributed by atoms with Gasteiger partial charge in [-0.3, -0.25) is 9.59 Å². The van der Waals surface area contributed by atoms with E-state index in [4.69, 9.17) is 9.47 Å². The van der Waals surface area contributed by atoms with Crippen molar-refractivity contribution in [2.24, 2.45) is 17.8 Å². The van der Waals surface area contributed by atoms with Crippen LogP contribution in [0.1, 0.15) is 40.5 Å². The molecule has 0 radical (unpaired) electrons. The highest BCUT2D eigenvalue weighted by Crippen LogP contribution is 2.34. The molecule has 5 atom stereocenters. The Balaban J connectivity index is 2.00. The average Bonchev–Trinajstić information content (AvgIpc) is 2.72. The number of likely N-dealkylation sites (tertiary alicyclic amines) is 1. The molecule has 0 bridgehead atoms. The van der Waals surface area contributed by atoms with E-state index < -0.39 is 0 Å². The van der Waals surface area contributed by atoms with Gasteiger partial charge in [-0.25, -0.2) is 0 Å². The summed E-state index contributed by atoms with van der Waals surface area (Å²) in [7, 11) is 0. The monoisotopic (exact) mass is 297 g/mol. The second kappa shape index (κ2) is 6.77. The first-order chi connectivity index (χ1) is 9.95. The molecule has 4 unspecified atom stereocenters. The van der Waals surface area contributed by atoms with E-state index in [-0.39, 0.29) is 41.8 Å². The highest BCUT2D eigenvalue weighted by atomic mass is 16.5. The fourth-order valence-corrected chi connectivity index (χ4v) is 3.53. The van der Waals surface area contributed by atoms with Gasteiger partial charge in [0.1, 0.15) is 0 Å². The van der Waals surface area contributed by atoms with Crippen molar-refractivity contribution in [2.45, 2.75) is 52.7 Å². The Morgan fingerprint density at radius 1 is 1.24 bits per heavy atom. The lowest BCUT2D eigenvalue weighted by Crippen LogP contribution is -2.47. The zero-order valence-electron chi connectivity index (χ0n) is 13.5. The first-order valence-corrected chi connectivity index (χ1v) is 8.06. The standard InChI is InChI=1S/C16H27NO4/c1-5-20-16(19)13-7-6-8-17(9-13)15(18)14-10(2)11(3)21-12(14)4/h10-14H,5-9H2,1-4H3/t10?,11?,12?,13-,14?/m1/s1. The molecule has 0 aromatic heterocycles. The zero-order valence-corrected chi connectivity index (χ0v) is 13.5. The van der Waals surface area contributed by atoms with E-state index in [0.717, 1.165) is 19.4 Å². The maximum Gasteiger partial charge on any atom is 0.310 e. The summed E-state index contributed by atoms with van der Waals surface area (Å²) >= 11 is 0. The number of rotatable bonds is 3. The maximum absolute atomic E-state index is 12.8. The first-order valence-electron chi connectivity index (χ1n) is 8.06. The molecule has 2 rings (SSSR count). The van der Waals surface area contributed by atoms with Gasteiger partial charge in [-0.15, -0.1) is 0 Å². The van der Waals surface area contributed by atoms with Crippen LogP contribution in [-0.4, -0.2) is 48.7 Å². The van der Waals surface area contributed by atoms with Crippen LogP contribution in [-0.2, 0) is 19.1 Å². The van der Waals surface area contributed by atoms with Gasteiger partial charge in [0.25, 0.3) is 0 Å². The van der Waals surface area contributed by atoms with Crippen LogP contribution in [0.15, 0.2) is 0 Å². The third-order valence-corrected chi connectivity index (χ3v) is 4.88. The summed E-state index contributed by atoms with van der Waals surface area (Å²) in [5.41, 5.74) is 0. The molecule has 2 aliphatic heterocycles. The highest BCUT2D eigenvalue weighted by Gasteiger charge is 2.44. The summed E-state index contributed by atoms with van der Waals surface area (Å²) in [6, 6.07) is 0. The van der Waals surface area contributed by atoms with Crippen molar-refractivity contribution in [3.63, 3.8) is 0 Å². The van der Waals surface area contributed by atoms with E-state index in [9.17, 15) is 9.59 Å². The number of amides is 1. The summed E-state index contributed by atoms with van der Waals surface area (Å²) in [5.74, 6) is -0.0927. The van der Waals surface area contributed by atoms with Gasteiger partial charge in [-0.05, 0) is 39.5 Å². The summed E-state index contributed by atoms with van der Waals surface area (Å²) < 4.78 is 10.9. The number of hydrogen-bond acceptors (Lipinski definition) is 4. The normalized spacial score (nSPS) is 36.6. The van der Waals surface area contributed by atoms with Crippen molar-refractivity contribution >= 4 is 11.9 Å². The lowest BCUT2D eigenvalue weighted by atomic mass is 9.87. The molecule has 21 heavy (non-hydrogen) atoms. The predicted molar refractivity (Wildman–Crippen MR) is 78.6 cm³/mol. The summed E-state index contributed by atoms with van der Waals surface area (Å²) in [6.07, 6.45) is 1.73. The average molecular weight is 297 g/mol. The highest BCUT2D eigenvalue weighted by molar-refractivity contribution is 5.81. The van der Waals surface area contributed by atoms with Crippen LogP contribution < -0.4 is 0 Å². The molecule has 0 spiro atoms. The lowest BCUT2D eigenvalue weighted by Gasteiger charge is -2.34. The smallest absolute Gasteiger partial charge is 0.310 e. The third-order valence-electron chi connectivity index (χ3n) is 4.88. The number of esters is 1. The molecule has 0 aliphatic carbocycles. The van der Waals surface area contributed by atoms with Crippen molar-refractivity contribution in [1.29, 1.82) is 0 Å². The Hall–Kier alpha value is -1.10. The van der Waals surface area contributed by atoms with Crippen LogP contribution in [0, 0.1) is 17.8 Å². The lowest BCUT2D eigenvalue weighted by molar-refractivity contribution is -0.152. The van der Waals surface area contributed by atoms with Crippen molar-refractivity contribution in [3.8, 4) is 0 Å². The molecule has 2 fully saturated rings. The molecule has 1 amide bonds. The van der Waals surface area contributed by atoms with Crippen molar-refractivity contribution < 1.29 is 19.1 Å². The fraction of sp³-hybridized carbons (Fsp3) is 0.875. The molecular weight excluding hydrogens is 270 g/mol. The first kappa shape index (κ1) is 16.3. The molecule has 2 heterocycles. The Morgan fingerprint density at radius 2 is 1.95 bits per heavy atom. The topological polar surface area (TPSA) is 55.8 Å². The van der Waals surface area contributed by atoms with Gasteiger partial charge in [-0.2, -0.15) is 0 Å². The fourth-order valence-electron chi connectivity index (χ4n) is 3.53. The molecular formula is C16H27NO4. The van der Waals surface area contributed by atoms with Crippen LogP contribution in [0.25, 0.3) is 0 Å². The number of hydrogen-bond donors (Lipinski definition) is 0. The van der Waals surface area contributed by atoms with Crippen LogP contribution >= 0.6 is 0 Å². The number of ether oxygens (including phenoxy) is 2. The van der Waals surface area contributed by atoms with Crippen molar-refractivity contribution in [2.75, 3.05) is 19.7 Å². The molecule has 0 aromatic carbocycles. The predicted octanol–water partition coefficient (Wildman–Crippen LogP) is 1.85. The number of carbonyl (C=O) groups is 2. The van der Waals surface area contributed by atoms with Gasteiger partial charge in [0, 0.05) is 13.1 Å². The molecule has 5 nitrogen and oxygen atoms in total. The summed E-state index contributed by atoms with van der Waals surface area (Å²) in [5, 5.41) is 0. The molecule has 2 saturated heterocycles. The molecule has 0 N–H and O–H groups in total. The maximum atomic E-state index is 12.8. The quantitative estimate of drug-likeness (QED) is 0.746. The summed E-state index contributed by atoms with van der Waals surface area (Å²) in [6.45, 7) is 9.49. The molecule has 2 aliphatic rings. The molecule has 0 aromatic rings. The minimum Gasteiger partial charge on any atom is -0.466 e. The van der Waals surface area contributed by atoms with Crippen LogP contribution in [0.2, 0.25) is 0 Å². The summed E-state index contributed by atoms with van der Waals surface area (Å²) in [4.78, 5) is 26.5. The van der Waals surface area contributed by atoms with Crippen LogP contribution in [0.3, 0.4) is 0 Å². The minimum absolute atomic E-state index is 0.0505. The molecule has 5 heteroatoms. The number of carbonyl (C=O) groups excluding carboxylic acids is 2. The van der Waals surface area contributed by atoms with Gasteiger partial charge in [-0.1, -0.05) is 6.92 Å². The molecule has 120 valence electrons. The van der Waals surface area contributed by atoms with Gasteiger partial charge in [0.15, 0.2) is 0 Å². The number of piperidine rings is 1. The zero-order chi connectivity index (χ0) is 15.6. The van der Waals surface area contributed by atoms with Gasteiger partial charge >= 0.3 is 5.97 Å². The van der Waals surface area contributed by atoms with E-state index >= 15 is 0 Å². The molecule has 0 saturated carbocycles. The van der Waals surface area contributed by atoms with Gasteiger partial charge in [0.2, 0.25) is 5.91 Å². The van der Waals surface area contributed by atoms with Crippen molar-refractivity contribution in [3.05, 3.63) is 0 Å². The van der Waals surface area contributed by atoms with E-state index in [0.29, 0.717) is 13.2 Å².